The number of allylic oxidation sites excluding steroid dienone is 1. The Bertz CT molecular complexity index is 689. The maximum Gasteiger partial charge on any atom is 0.185 e. The highest BCUT2D eigenvalue weighted by molar-refractivity contribution is 6.07. The summed E-state index contributed by atoms with van der Waals surface area (Å²) in [5.41, 5.74) is 1.20. The third-order valence-electron chi connectivity index (χ3n) is 3.74. The Morgan fingerprint density at radius 2 is 1.92 bits per heavy atom. The molecule has 0 aromatic heterocycles. The SMILES string of the molecule is CCCCCCOc1cccc(C(=O)/C=C/c2ccccc2O)c1. The van der Waals surface area contributed by atoms with Gasteiger partial charge in [-0.1, -0.05) is 56.5 Å². The standard InChI is InChI=1S/C21H24O3/c1-2-3-4-7-15-24-19-11-8-10-18(16-19)21(23)14-13-17-9-5-6-12-20(17)22/h5-6,8-14,16,22H,2-4,7,15H2,1H3/b14-13+. The lowest BCUT2D eigenvalue weighted by Gasteiger charge is -2.07. The van der Waals surface area contributed by atoms with Gasteiger partial charge in [0, 0.05) is 11.1 Å². The number of ether oxygens (including phenoxy) is 1. The largest absolute Gasteiger partial charge is 0.507 e. The molecule has 0 spiro atoms. The van der Waals surface area contributed by atoms with Crippen molar-refractivity contribution in [1.29, 1.82) is 0 Å². The summed E-state index contributed by atoms with van der Waals surface area (Å²) in [6.07, 6.45) is 7.70. The summed E-state index contributed by atoms with van der Waals surface area (Å²) in [6.45, 7) is 2.85. The van der Waals surface area contributed by atoms with Gasteiger partial charge >= 0.3 is 0 Å². The molecule has 0 heterocycles. The van der Waals surface area contributed by atoms with Gasteiger partial charge in [0.2, 0.25) is 0 Å². The summed E-state index contributed by atoms with van der Waals surface area (Å²) in [7, 11) is 0. The van der Waals surface area contributed by atoms with E-state index >= 15 is 0 Å². The van der Waals surface area contributed by atoms with Crippen molar-refractivity contribution in [1.82, 2.24) is 0 Å². The highest BCUT2D eigenvalue weighted by atomic mass is 16.5. The van der Waals surface area contributed by atoms with Gasteiger partial charge < -0.3 is 9.84 Å². The van der Waals surface area contributed by atoms with E-state index in [0.717, 1.165) is 6.42 Å². The van der Waals surface area contributed by atoms with Crippen LogP contribution in [0.5, 0.6) is 11.5 Å². The van der Waals surface area contributed by atoms with Gasteiger partial charge in [-0.05, 0) is 36.8 Å². The Morgan fingerprint density at radius 1 is 1.08 bits per heavy atom. The molecule has 2 aromatic rings. The third-order valence-corrected chi connectivity index (χ3v) is 3.74. The van der Waals surface area contributed by atoms with Crippen LogP contribution in [0.4, 0.5) is 0 Å². The average Bonchev–Trinajstić information content (AvgIpc) is 2.61. The highest BCUT2D eigenvalue weighted by Crippen LogP contribution is 2.19. The molecule has 0 bridgehead atoms. The van der Waals surface area contributed by atoms with Gasteiger partial charge in [-0.2, -0.15) is 0 Å². The summed E-state index contributed by atoms with van der Waals surface area (Å²) < 4.78 is 5.71. The van der Waals surface area contributed by atoms with Crippen LogP contribution in [-0.4, -0.2) is 17.5 Å². The molecule has 3 heteroatoms. The number of rotatable bonds is 9. The van der Waals surface area contributed by atoms with Crippen molar-refractivity contribution in [3.63, 3.8) is 0 Å². The minimum Gasteiger partial charge on any atom is -0.507 e. The van der Waals surface area contributed by atoms with Crippen LogP contribution in [0.15, 0.2) is 54.6 Å². The first-order valence-electron chi connectivity index (χ1n) is 8.44. The number of carbonyl (C=O) groups excluding carboxylic acids is 1. The van der Waals surface area contributed by atoms with Gasteiger partial charge in [-0.15, -0.1) is 0 Å². The normalized spacial score (nSPS) is 10.9. The molecule has 0 saturated carbocycles. The van der Waals surface area contributed by atoms with Crippen molar-refractivity contribution in [3.05, 3.63) is 65.7 Å². The van der Waals surface area contributed by atoms with E-state index in [1.54, 1.807) is 36.4 Å². The molecule has 0 aliphatic rings. The van der Waals surface area contributed by atoms with E-state index < -0.39 is 0 Å². The van der Waals surface area contributed by atoms with Crippen molar-refractivity contribution in [2.45, 2.75) is 32.6 Å². The molecule has 1 N–H and O–H groups in total. The van der Waals surface area contributed by atoms with Crippen LogP contribution in [0.3, 0.4) is 0 Å². The van der Waals surface area contributed by atoms with Crippen LogP contribution >= 0.6 is 0 Å². The smallest absolute Gasteiger partial charge is 0.185 e. The number of unbranched alkanes of at least 4 members (excludes halogenated alkanes) is 3. The van der Waals surface area contributed by atoms with E-state index in [1.165, 1.54) is 25.3 Å². The van der Waals surface area contributed by atoms with Crippen molar-refractivity contribution >= 4 is 11.9 Å². The monoisotopic (exact) mass is 324 g/mol. The van der Waals surface area contributed by atoms with E-state index in [-0.39, 0.29) is 11.5 Å². The first-order valence-corrected chi connectivity index (χ1v) is 8.44. The minimum absolute atomic E-state index is 0.116. The van der Waals surface area contributed by atoms with Crippen molar-refractivity contribution in [2.75, 3.05) is 6.61 Å². The van der Waals surface area contributed by atoms with Gasteiger partial charge in [0.1, 0.15) is 11.5 Å². The minimum atomic E-state index is -0.116. The molecule has 0 atom stereocenters. The number of hydrogen-bond donors (Lipinski definition) is 1. The molecule has 0 radical (unpaired) electrons. The second-order valence-corrected chi connectivity index (χ2v) is 5.69. The van der Waals surface area contributed by atoms with Gasteiger partial charge in [-0.3, -0.25) is 4.79 Å². The fraction of sp³-hybridized carbons (Fsp3) is 0.286. The first-order chi connectivity index (χ1) is 11.7. The molecule has 126 valence electrons. The lowest BCUT2D eigenvalue weighted by Crippen LogP contribution is -1.99. The van der Waals surface area contributed by atoms with E-state index in [4.69, 9.17) is 4.74 Å². The molecule has 2 aromatic carbocycles. The molecule has 0 fully saturated rings. The Hall–Kier alpha value is -2.55. The zero-order valence-corrected chi connectivity index (χ0v) is 14.1. The number of carbonyl (C=O) groups is 1. The second kappa shape index (κ2) is 9.56. The van der Waals surface area contributed by atoms with Crippen LogP contribution in [0.2, 0.25) is 0 Å². The summed E-state index contributed by atoms with van der Waals surface area (Å²) in [6, 6.07) is 14.1. The molecule has 0 amide bonds. The topological polar surface area (TPSA) is 46.5 Å². The fourth-order valence-corrected chi connectivity index (χ4v) is 2.35. The summed E-state index contributed by atoms with van der Waals surface area (Å²) in [5.74, 6) is 0.758. The number of benzene rings is 2. The van der Waals surface area contributed by atoms with Crippen LogP contribution in [0.25, 0.3) is 6.08 Å². The predicted octanol–water partition coefficient (Wildman–Crippen LogP) is 5.25. The van der Waals surface area contributed by atoms with Gasteiger partial charge in [0.25, 0.3) is 0 Å². The molecule has 0 unspecified atom stereocenters. The molecule has 0 saturated heterocycles. The number of phenols is 1. The lowest BCUT2D eigenvalue weighted by atomic mass is 10.1. The molecule has 24 heavy (non-hydrogen) atoms. The Labute approximate surface area is 143 Å². The van der Waals surface area contributed by atoms with E-state index in [1.807, 2.05) is 18.2 Å². The number of ketones is 1. The second-order valence-electron chi connectivity index (χ2n) is 5.69. The average molecular weight is 324 g/mol. The Kier molecular flexibility index (Phi) is 7.09. The Balaban J connectivity index is 1.95. The predicted molar refractivity (Wildman–Crippen MR) is 97.6 cm³/mol. The number of aromatic hydroxyl groups is 1. The molecular formula is C21H24O3. The van der Waals surface area contributed by atoms with Gasteiger partial charge in [-0.25, -0.2) is 0 Å². The van der Waals surface area contributed by atoms with Gasteiger partial charge in [0.05, 0.1) is 6.61 Å². The maximum absolute atomic E-state index is 12.3. The maximum atomic E-state index is 12.3. The van der Waals surface area contributed by atoms with E-state index in [9.17, 15) is 9.90 Å². The van der Waals surface area contributed by atoms with Crippen LogP contribution in [0.1, 0.15) is 48.5 Å². The zero-order valence-electron chi connectivity index (χ0n) is 14.1. The molecule has 0 aliphatic carbocycles. The Morgan fingerprint density at radius 3 is 2.71 bits per heavy atom. The summed E-state index contributed by atoms with van der Waals surface area (Å²) >= 11 is 0. The number of hydrogen-bond acceptors (Lipinski definition) is 3. The quantitative estimate of drug-likeness (QED) is 0.389. The van der Waals surface area contributed by atoms with Crippen molar-refractivity contribution in [2.24, 2.45) is 0 Å². The van der Waals surface area contributed by atoms with Crippen LogP contribution in [-0.2, 0) is 0 Å². The molecule has 2 rings (SSSR count). The van der Waals surface area contributed by atoms with Crippen LogP contribution in [0, 0.1) is 0 Å². The zero-order chi connectivity index (χ0) is 17.2. The highest BCUT2D eigenvalue weighted by Gasteiger charge is 2.04. The molecular weight excluding hydrogens is 300 g/mol. The lowest BCUT2D eigenvalue weighted by molar-refractivity contribution is 0.104. The van der Waals surface area contributed by atoms with Crippen molar-refractivity contribution < 1.29 is 14.6 Å². The fourth-order valence-electron chi connectivity index (χ4n) is 2.35. The summed E-state index contributed by atoms with van der Waals surface area (Å²) in [4.78, 5) is 12.3. The van der Waals surface area contributed by atoms with E-state index in [0.29, 0.717) is 23.5 Å². The van der Waals surface area contributed by atoms with E-state index in [2.05, 4.69) is 6.92 Å². The molecule has 0 aliphatic heterocycles. The van der Waals surface area contributed by atoms with Crippen LogP contribution < -0.4 is 4.74 Å². The first kappa shape index (κ1) is 17.8. The summed E-state index contributed by atoms with van der Waals surface area (Å²) in [5, 5.41) is 9.71. The molecule has 3 nitrogen and oxygen atoms in total. The third kappa shape index (κ3) is 5.58. The number of para-hydroxylation sites is 1. The van der Waals surface area contributed by atoms with Gasteiger partial charge in [0.15, 0.2) is 5.78 Å². The van der Waals surface area contributed by atoms with Crippen molar-refractivity contribution in [3.8, 4) is 11.5 Å². The number of phenolic OH excluding ortho intramolecular Hbond substituents is 1.